The highest BCUT2D eigenvalue weighted by atomic mass is 35.5. The van der Waals surface area contributed by atoms with Crippen LogP contribution in [0.5, 0.6) is 5.75 Å². The number of aliphatic hydroxyl groups excluding tert-OH is 1. The summed E-state index contributed by atoms with van der Waals surface area (Å²) in [5.74, 6) is 1.06. The Kier molecular flexibility index (Phi) is 7.60. The number of rotatable bonds is 6. The van der Waals surface area contributed by atoms with Crippen molar-refractivity contribution in [2.45, 2.75) is 43.9 Å². The SMILES string of the molecule is N#Cc1ccc(OC2CCC(NC(=O)c3ccc(N4CCO[C@H](CO)C4)nn3)CC2)cc1Cl. The Morgan fingerprint density at radius 2 is 2.09 bits per heavy atom. The second-order valence-corrected chi connectivity index (χ2v) is 8.62. The quantitative estimate of drug-likeness (QED) is 0.658. The number of hydrogen-bond donors (Lipinski definition) is 2. The summed E-state index contributed by atoms with van der Waals surface area (Å²) in [6, 6.07) is 10.6. The van der Waals surface area contributed by atoms with Crippen LogP contribution >= 0.6 is 11.6 Å². The number of anilines is 1. The lowest BCUT2D eigenvalue weighted by Gasteiger charge is -2.32. The lowest BCUT2D eigenvalue weighted by molar-refractivity contribution is 0.00332. The van der Waals surface area contributed by atoms with Gasteiger partial charge in [0.2, 0.25) is 0 Å². The van der Waals surface area contributed by atoms with Crippen LogP contribution in [-0.4, -0.2) is 65.8 Å². The summed E-state index contributed by atoms with van der Waals surface area (Å²) in [7, 11) is 0. The van der Waals surface area contributed by atoms with E-state index in [-0.39, 0.29) is 36.5 Å². The van der Waals surface area contributed by atoms with Crippen LogP contribution in [0.4, 0.5) is 5.82 Å². The van der Waals surface area contributed by atoms with E-state index in [1.165, 1.54) is 0 Å². The highest BCUT2D eigenvalue weighted by Crippen LogP contribution is 2.27. The minimum Gasteiger partial charge on any atom is -0.490 e. The molecule has 2 N–H and O–H groups in total. The zero-order chi connectivity index (χ0) is 23.2. The Hall–Kier alpha value is -2.93. The molecule has 1 aliphatic carbocycles. The van der Waals surface area contributed by atoms with E-state index in [1.54, 1.807) is 30.3 Å². The van der Waals surface area contributed by atoms with E-state index in [1.807, 2.05) is 11.0 Å². The molecule has 2 aromatic rings. The molecule has 1 saturated heterocycles. The number of aromatic nitrogens is 2. The number of nitrogens with one attached hydrogen (secondary N) is 1. The van der Waals surface area contributed by atoms with Gasteiger partial charge in [-0.1, -0.05) is 11.6 Å². The van der Waals surface area contributed by atoms with Gasteiger partial charge in [0.1, 0.15) is 11.8 Å². The van der Waals surface area contributed by atoms with Crippen molar-refractivity contribution in [2.75, 3.05) is 31.2 Å². The van der Waals surface area contributed by atoms with Gasteiger partial charge in [-0.2, -0.15) is 5.26 Å². The van der Waals surface area contributed by atoms with E-state index in [9.17, 15) is 9.90 Å². The first-order chi connectivity index (χ1) is 16.1. The Labute approximate surface area is 197 Å². The van der Waals surface area contributed by atoms with Crippen LogP contribution in [0.15, 0.2) is 30.3 Å². The van der Waals surface area contributed by atoms with Crippen LogP contribution in [0.25, 0.3) is 0 Å². The fraction of sp³-hybridized carbons (Fsp3) is 0.478. The maximum Gasteiger partial charge on any atom is 0.272 e. The molecule has 1 amide bonds. The molecule has 1 saturated carbocycles. The summed E-state index contributed by atoms with van der Waals surface area (Å²) in [6.07, 6.45) is 2.99. The second kappa shape index (κ2) is 10.8. The van der Waals surface area contributed by atoms with E-state index in [0.717, 1.165) is 25.7 Å². The smallest absolute Gasteiger partial charge is 0.272 e. The molecule has 0 unspecified atom stereocenters. The van der Waals surface area contributed by atoms with E-state index < -0.39 is 0 Å². The normalized spacial score (nSPS) is 22.9. The third-order valence-electron chi connectivity index (χ3n) is 5.92. The van der Waals surface area contributed by atoms with Gasteiger partial charge in [0, 0.05) is 25.2 Å². The number of nitriles is 1. The Balaban J connectivity index is 1.25. The van der Waals surface area contributed by atoms with Crippen molar-refractivity contribution in [3.05, 3.63) is 46.6 Å². The van der Waals surface area contributed by atoms with Gasteiger partial charge < -0.3 is 24.8 Å². The minimum absolute atomic E-state index is 0.0394. The average Bonchev–Trinajstić information content (AvgIpc) is 2.85. The lowest BCUT2D eigenvalue weighted by Crippen LogP contribution is -2.44. The highest BCUT2D eigenvalue weighted by Gasteiger charge is 2.25. The molecule has 1 atom stereocenters. The number of ether oxygens (including phenoxy) is 2. The zero-order valence-electron chi connectivity index (χ0n) is 18.1. The lowest BCUT2D eigenvalue weighted by atomic mass is 9.93. The molecular formula is C23H26ClN5O4. The highest BCUT2D eigenvalue weighted by molar-refractivity contribution is 6.31. The predicted molar refractivity (Wildman–Crippen MR) is 121 cm³/mol. The summed E-state index contributed by atoms with van der Waals surface area (Å²) < 4.78 is 11.5. The van der Waals surface area contributed by atoms with Crippen LogP contribution in [-0.2, 0) is 4.74 Å². The third-order valence-corrected chi connectivity index (χ3v) is 6.24. The van der Waals surface area contributed by atoms with Crippen molar-refractivity contribution in [3.8, 4) is 11.8 Å². The number of amides is 1. The summed E-state index contributed by atoms with van der Waals surface area (Å²) in [6.45, 7) is 1.67. The molecule has 9 nitrogen and oxygen atoms in total. The van der Waals surface area contributed by atoms with Gasteiger partial charge in [-0.3, -0.25) is 4.79 Å². The predicted octanol–water partition coefficient (Wildman–Crippen LogP) is 2.32. The van der Waals surface area contributed by atoms with E-state index >= 15 is 0 Å². The first-order valence-corrected chi connectivity index (χ1v) is 11.4. The van der Waals surface area contributed by atoms with Gasteiger partial charge in [-0.25, -0.2) is 0 Å². The number of halogens is 1. The van der Waals surface area contributed by atoms with Crippen molar-refractivity contribution in [2.24, 2.45) is 0 Å². The van der Waals surface area contributed by atoms with Gasteiger partial charge in [-0.15, -0.1) is 10.2 Å². The molecule has 1 aliphatic heterocycles. The molecule has 0 spiro atoms. The summed E-state index contributed by atoms with van der Waals surface area (Å²) in [5, 5.41) is 30.0. The monoisotopic (exact) mass is 471 g/mol. The number of aliphatic hydroxyl groups is 1. The average molecular weight is 472 g/mol. The molecular weight excluding hydrogens is 446 g/mol. The van der Waals surface area contributed by atoms with Gasteiger partial charge in [-0.05, 0) is 49.9 Å². The van der Waals surface area contributed by atoms with E-state index in [0.29, 0.717) is 41.8 Å². The molecule has 0 radical (unpaired) electrons. The number of hydrogen-bond acceptors (Lipinski definition) is 8. The van der Waals surface area contributed by atoms with Crippen LogP contribution in [0, 0.1) is 11.3 Å². The largest absolute Gasteiger partial charge is 0.490 e. The van der Waals surface area contributed by atoms with Gasteiger partial charge in [0.15, 0.2) is 11.5 Å². The molecule has 2 fully saturated rings. The van der Waals surface area contributed by atoms with Crippen molar-refractivity contribution >= 4 is 23.3 Å². The summed E-state index contributed by atoms with van der Waals surface area (Å²) in [5.41, 5.74) is 0.696. The minimum atomic E-state index is -0.243. The third kappa shape index (κ3) is 5.90. The first kappa shape index (κ1) is 23.2. The van der Waals surface area contributed by atoms with Gasteiger partial charge in [0.05, 0.1) is 36.0 Å². The molecule has 2 aliphatic rings. The molecule has 174 valence electrons. The number of benzene rings is 1. The van der Waals surface area contributed by atoms with Gasteiger partial charge in [0.25, 0.3) is 5.91 Å². The number of nitrogens with zero attached hydrogens (tertiary/aromatic N) is 4. The molecule has 2 heterocycles. The molecule has 0 bridgehead atoms. The zero-order valence-corrected chi connectivity index (χ0v) is 18.9. The van der Waals surface area contributed by atoms with Gasteiger partial charge >= 0.3 is 0 Å². The second-order valence-electron chi connectivity index (χ2n) is 8.22. The number of carbonyl (C=O) groups is 1. The standard InChI is InChI=1S/C23H26ClN5O4/c24-20-11-18(4-1-15(20)12-25)33-17-5-2-16(3-6-17)26-23(31)21-7-8-22(28-27-21)29-9-10-32-19(13-29)14-30/h1,4,7-8,11,16-17,19,30H,2-3,5-6,9-10,13-14H2,(H,26,31)/t16?,17?,19-/m0/s1. The van der Waals surface area contributed by atoms with Crippen molar-refractivity contribution in [1.29, 1.82) is 5.26 Å². The van der Waals surface area contributed by atoms with Crippen molar-refractivity contribution < 1.29 is 19.4 Å². The maximum absolute atomic E-state index is 12.6. The van der Waals surface area contributed by atoms with E-state index in [2.05, 4.69) is 15.5 Å². The molecule has 33 heavy (non-hydrogen) atoms. The maximum atomic E-state index is 12.6. The van der Waals surface area contributed by atoms with Crippen LogP contribution in [0.1, 0.15) is 41.7 Å². The molecule has 1 aromatic carbocycles. The van der Waals surface area contributed by atoms with Crippen LogP contribution in [0.3, 0.4) is 0 Å². The molecule has 4 rings (SSSR count). The summed E-state index contributed by atoms with van der Waals surface area (Å²) in [4.78, 5) is 14.6. The Morgan fingerprint density at radius 1 is 1.27 bits per heavy atom. The van der Waals surface area contributed by atoms with Crippen molar-refractivity contribution in [3.63, 3.8) is 0 Å². The Morgan fingerprint density at radius 3 is 2.76 bits per heavy atom. The summed E-state index contributed by atoms with van der Waals surface area (Å²) >= 11 is 6.07. The number of morpholine rings is 1. The Bertz CT molecular complexity index is 1000. The fourth-order valence-electron chi connectivity index (χ4n) is 4.09. The topological polar surface area (TPSA) is 121 Å². The van der Waals surface area contributed by atoms with Crippen LogP contribution in [0.2, 0.25) is 5.02 Å². The van der Waals surface area contributed by atoms with Crippen molar-refractivity contribution in [1.82, 2.24) is 15.5 Å². The molecule has 10 heteroatoms. The first-order valence-electron chi connectivity index (χ1n) is 11.0. The van der Waals surface area contributed by atoms with Crippen LogP contribution < -0.4 is 15.0 Å². The fourth-order valence-corrected chi connectivity index (χ4v) is 4.30. The van der Waals surface area contributed by atoms with E-state index in [4.69, 9.17) is 26.3 Å². The molecule has 1 aromatic heterocycles. The number of carbonyl (C=O) groups excluding carboxylic acids is 1.